The van der Waals surface area contributed by atoms with E-state index in [2.05, 4.69) is 27.2 Å². The molecule has 0 radical (unpaired) electrons. The van der Waals surface area contributed by atoms with Crippen molar-refractivity contribution in [3.8, 4) is 18.1 Å². The zero-order valence-corrected chi connectivity index (χ0v) is 12.4. The van der Waals surface area contributed by atoms with Crippen molar-refractivity contribution in [2.24, 2.45) is 5.73 Å². The van der Waals surface area contributed by atoms with Crippen molar-refractivity contribution >= 4 is 21.8 Å². The number of halogens is 1. The third-order valence-electron chi connectivity index (χ3n) is 2.30. The average Bonchev–Trinajstić information content (AvgIpc) is 2.34. The lowest BCUT2D eigenvalue weighted by molar-refractivity contribution is -0.122. The molecule has 4 nitrogen and oxygen atoms in total. The van der Waals surface area contributed by atoms with Crippen molar-refractivity contribution in [2.75, 3.05) is 13.2 Å². The number of ether oxygens (including phenoxy) is 1. The Morgan fingerprint density at radius 3 is 2.95 bits per heavy atom. The molecule has 1 unspecified atom stereocenters. The Hall–Kier alpha value is -1.51. The van der Waals surface area contributed by atoms with Gasteiger partial charge < -0.3 is 15.8 Å². The van der Waals surface area contributed by atoms with Crippen molar-refractivity contribution in [1.29, 1.82) is 0 Å². The maximum absolute atomic E-state index is 11.3. The first-order chi connectivity index (χ1) is 9.02. The van der Waals surface area contributed by atoms with Crippen molar-refractivity contribution in [3.05, 3.63) is 28.2 Å². The first-order valence-corrected chi connectivity index (χ1v) is 6.69. The fourth-order valence-electron chi connectivity index (χ4n) is 1.50. The molecule has 5 heteroatoms. The number of hydrogen-bond donors (Lipinski definition) is 2. The lowest BCUT2D eigenvalue weighted by Crippen LogP contribution is -2.29. The fourth-order valence-corrected chi connectivity index (χ4v) is 2.04. The average molecular weight is 325 g/mol. The van der Waals surface area contributed by atoms with E-state index in [0.717, 1.165) is 16.5 Å². The standard InChI is InChI=1S/C14H17BrN2O2/c1-3-6-17-14(18)9-19-13-5-4-11(7-10(2)16)8-12(13)15/h1,4-5,8,10H,6-7,9,16H2,2H3,(H,17,18). The quantitative estimate of drug-likeness (QED) is 0.779. The molecule has 0 spiro atoms. The number of hydrogen-bond acceptors (Lipinski definition) is 3. The number of amides is 1. The van der Waals surface area contributed by atoms with Gasteiger partial charge in [0.2, 0.25) is 0 Å². The zero-order valence-electron chi connectivity index (χ0n) is 10.8. The van der Waals surface area contributed by atoms with Gasteiger partial charge in [-0.05, 0) is 47.0 Å². The summed E-state index contributed by atoms with van der Waals surface area (Å²) < 4.78 is 6.20. The smallest absolute Gasteiger partial charge is 0.258 e. The minimum absolute atomic E-state index is 0.0626. The van der Waals surface area contributed by atoms with E-state index in [4.69, 9.17) is 16.9 Å². The maximum Gasteiger partial charge on any atom is 0.258 e. The summed E-state index contributed by atoms with van der Waals surface area (Å²) in [6.45, 7) is 2.09. The Kier molecular flexibility index (Phi) is 6.40. The van der Waals surface area contributed by atoms with Crippen molar-refractivity contribution in [1.82, 2.24) is 5.32 Å². The Morgan fingerprint density at radius 1 is 1.63 bits per heavy atom. The molecule has 19 heavy (non-hydrogen) atoms. The van der Waals surface area contributed by atoms with Crippen LogP contribution < -0.4 is 15.8 Å². The van der Waals surface area contributed by atoms with Gasteiger partial charge in [-0.1, -0.05) is 12.0 Å². The van der Waals surface area contributed by atoms with Crippen LogP contribution in [0.5, 0.6) is 5.75 Å². The Labute approximate surface area is 121 Å². The molecule has 1 aromatic carbocycles. The topological polar surface area (TPSA) is 64.3 Å². The normalized spacial score (nSPS) is 11.5. The van der Waals surface area contributed by atoms with Gasteiger partial charge in [0.15, 0.2) is 6.61 Å². The van der Waals surface area contributed by atoms with Crippen LogP contribution in [-0.2, 0) is 11.2 Å². The highest BCUT2D eigenvalue weighted by molar-refractivity contribution is 9.10. The number of carbonyl (C=O) groups excluding carboxylic acids is 1. The fraction of sp³-hybridized carbons (Fsp3) is 0.357. The minimum Gasteiger partial charge on any atom is -0.483 e. The second-order valence-electron chi connectivity index (χ2n) is 4.22. The van der Waals surface area contributed by atoms with Gasteiger partial charge in [-0.3, -0.25) is 4.79 Å². The van der Waals surface area contributed by atoms with Crippen LogP contribution >= 0.6 is 15.9 Å². The number of benzene rings is 1. The van der Waals surface area contributed by atoms with Gasteiger partial charge in [0.1, 0.15) is 5.75 Å². The molecule has 0 bridgehead atoms. The van der Waals surface area contributed by atoms with E-state index in [0.29, 0.717) is 5.75 Å². The van der Waals surface area contributed by atoms with E-state index in [-0.39, 0.29) is 25.1 Å². The molecular weight excluding hydrogens is 308 g/mol. The molecule has 1 rings (SSSR count). The van der Waals surface area contributed by atoms with Gasteiger partial charge in [-0.25, -0.2) is 0 Å². The third-order valence-corrected chi connectivity index (χ3v) is 2.92. The summed E-state index contributed by atoms with van der Waals surface area (Å²) in [4.78, 5) is 11.3. The predicted octanol–water partition coefficient (Wildman–Crippen LogP) is 1.47. The monoisotopic (exact) mass is 324 g/mol. The van der Waals surface area contributed by atoms with Gasteiger partial charge in [0, 0.05) is 6.04 Å². The summed E-state index contributed by atoms with van der Waals surface area (Å²) in [6, 6.07) is 5.80. The van der Waals surface area contributed by atoms with Crippen LogP contribution in [0.3, 0.4) is 0 Å². The van der Waals surface area contributed by atoms with E-state index >= 15 is 0 Å². The van der Waals surface area contributed by atoms with E-state index < -0.39 is 0 Å². The summed E-state index contributed by atoms with van der Waals surface area (Å²) in [7, 11) is 0. The minimum atomic E-state index is -0.246. The number of nitrogens with one attached hydrogen (secondary N) is 1. The molecule has 1 aromatic rings. The molecule has 1 atom stereocenters. The van der Waals surface area contributed by atoms with Crippen LogP contribution in [0.1, 0.15) is 12.5 Å². The lowest BCUT2D eigenvalue weighted by atomic mass is 10.1. The van der Waals surface area contributed by atoms with Crippen LogP contribution in [0.15, 0.2) is 22.7 Å². The van der Waals surface area contributed by atoms with Gasteiger partial charge in [0.25, 0.3) is 5.91 Å². The number of carbonyl (C=O) groups is 1. The summed E-state index contributed by atoms with van der Waals surface area (Å²) in [6.07, 6.45) is 5.83. The van der Waals surface area contributed by atoms with E-state index in [1.165, 1.54) is 0 Å². The highest BCUT2D eigenvalue weighted by atomic mass is 79.9. The van der Waals surface area contributed by atoms with E-state index in [1.54, 1.807) is 0 Å². The second-order valence-corrected chi connectivity index (χ2v) is 5.07. The molecule has 0 aliphatic carbocycles. The molecule has 0 heterocycles. The Balaban J connectivity index is 2.55. The molecular formula is C14H17BrN2O2. The largest absolute Gasteiger partial charge is 0.483 e. The molecule has 0 fully saturated rings. The molecule has 0 saturated heterocycles. The summed E-state index contributed by atoms with van der Waals surface area (Å²) in [5, 5.41) is 2.53. The van der Waals surface area contributed by atoms with Crippen LogP contribution in [0.4, 0.5) is 0 Å². The first-order valence-electron chi connectivity index (χ1n) is 5.90. The number of terminal acetylenes is 1. The zero-order chi connectivity index (χ0) is 14.3. The predicted molar refractivity (Wildman–Crippen MR) is 78.8 cm³/mol. The summed E-state index contributed by atoms with van der Waals surface area (Å²) >= 11 is 3.41. The van der Waals surface area contributed by atoms with Crippen molar-refractivity contribution in [3.63, 3.8) is 0 Å². The summed E-state index contributed by atoms with van der Waals surface area (Å²) in [5.74, 6) is 2.69. The second kappa shape index (κ2) is 7.82. The first kappa shape index (κ1) is 15.5. The highest BCUT2D eigenvalue weighted by Crippen LogP contribution is 2.26. The van der Waals surface area contributed by atoms with Gasteiger partial charge in [-0.15, -0.1) is 6.42 Å². The molecule has 1 amide bonds. The van der Waals surface area contributed by atoms with Crippen LogP contribution in [0.25, 0.3) is 0 Å². The Bertz CT molecular complexity index is 481. The SMILES string of the molecule is C#CCNC(=O)COc1ccc(CC(C)N)cc1Br. The maximum atomic E-state index is 11.3. The third kappa shape index (κ3) is 5.77. The van der Waals surface area contributed by atoms with E-state index in [9.17, 15) is 4.79 Å². The molecule has 102 valence electrons. The van der Waals surface area contributed by atoms with Crippen LogP contribution in [0.2, 0.25) is 0 Å². The highest BCUT2D eigenvalue weighted by Gasteiger charge is 2.07. The van der Waals surface area contributed by atoms with Gasteiger partial charge in [0.05, 0.1) is 11.0 Å². The van der Waals surface area contributed by atoms with Crippen LogP contribution in [-0.4, -0.2) is 25.1 Å². The number of rotatable bonds is 6. The van der Waals surface area contributed by atoms with Crippen molar-refractivity contribution in [2.45, 2.75) is 19.4 Å². The molecule has 0 aliphatic heterocycles. The van der Waals surface area contributed by atoms with Gasteiger partial charge >= 0.3 is 0 Å². The molecule has 0 aromatic heterocycles. The molecule has 0 saturated carbocycles. The summed E-state index contributed by atoms with van der Waals surface area (Å²) in [5.41, 5.74) is 6.86. The Morgan fingerprint density at radius 2 is 2.37 bits per heavy atom. The number of nitrogens with two attached hydrogens (primary N) is 1. The lowest BCUT2D eigenvalue weighted by Gasteiger charge is -2.10. The van der Waals surface area contributed by atoms with Crippen LogP contribution in [0, 0.1) is 12.3 Å². The van der Waals surface area contributed by atoms with Gasteiger partial charge in [-0.2, -0.15) is 0 Å². The molecule has 3 N–H and O–H groups in total. The molecule has 0 aliphatic rings. The van der Waals surface area contributed by atoms with Crippen molar-refractivity contribution < 1.29 is 9.53 Å². The van der Waals surface area contributed by atoms with E-state index in [1.807, 2.05) is 25.1 Å².